The predicted molar refractivity (Wildman–Crippen MR) is 74.1 cm³/mol. The summed E-state index contributed by atoms with van der Waals surface area (Å²) < 4.78 is 31.5. The van der Waals surface area contributed by atoms with Crippen molar-refractivity contribution in [1.82, 2.24) is 0 Å². The van der Waals surface area contributed by atoms with Gasteiger partial charge in [0.25, 0.3) is 0 Å². The van der Waals surface area contributed by atoms with Crippen molar-refractivity contribution >= 4 is 0 Å². The largest absolute Gasteiger partial charge is 2.00 e. The molecule has 22 heavy (non-hydrogen) atoms. The van der Waals surface area contributed by atoms with Crippen LogP contribution in [0.25, 0.3) is 22.1 Å². The van der Waals surface area contributed by atoms with Gasteiger partial charge >= 0.3 is 49.3 Å². The molecule has 0 aromatic heterocycles. The maximum absolute atomic E-state index is 8.72. The van der Waals surface area contributed by atoms with Crippen LogP contribution in [0.3, 0.4) is 0 Å². The van der Waals surface area contributed by atoms with E-state index < -0.39 is 10.2 Å². The summed E-state index contributed by atoms with van der Waals surface area (Å²) in [6, 6.07) is 0.406. The van der Waals surface area contributed by atoms with Gasteiger partial charge in [-0.05, 0) is 0 Å². The number of nitrogens with one attached hydrogen (secondary N) is 2. The van der Waals surface area contributed by atoms with Crippen LogP contribution in [-0.4, -0.2) is 41.5 Å². The molecule has 0 spiro atoms. The molecule has 10 heteroatoms. The van der Waals surface area contributed by atoms with E-state index >= 15 is 0 Å². The summed E-state index contributed by atoms with van der Waals surface area (Å²) in [6.45, 7) is 2.35. The zero-order valence-corrected chi connectivity index (χ0v) is 14.4. The Hall–Kier alpha value is -0.0477. The van der Waals surface area contributed by atoms with E-state index in [1.54, 1.807) is 0 Å². The van der Waals surface area contributed by atoms with E-state index in [-0.39, 0.29) is 33.5 Å². The maximum Gasteiger partial charge on any atom is 2.00 e. The summed E-state index contributed by atoms with van der Waals surface area (Å²) in [4.78, 5) is 0. The first-order chi connectivity index (χ1) is 9.88. The third-order valence-corrected chi connectivity index (χ3v) is 2.48. The second kappa shape index (κ2) is 14.5. The van der Waals surface area contributed by atoms with Crippen molar-refractivity contribution in [2.75, 3.05) is 26.2 Å². The van der Waals surface area contributed by atoms with E-state index in [0.29, 0.717) is 6.04 Å². The molecule has 1 saturated heterocycles. The maximum atomic E-state index is 8.72. The first-order valence-electron chi connectivity index (χ1n) is 6.53. The van der Waals surface area contributed by atoms with Crippen LogP contribution in [0, 0.1) is 10.2 Å². The first-order valence-corrected chi connectivity index (χ1v) is 7.82. The quantitative estimate of drug-likeness (QED) is 0.607. The molecular formula is C12H22ClN4O4Pd-3. The molecule has 8 nitrogen and oxygen atoms in total. The fraction of sp³-hybridized carbons (Fsp3) is 0.667. The number of nitrogens with zero attached hydrogens (tertiary/aromatic N) is 2. The first kappa shape index (κ1) is 24.2. The Bertz CT molecular complexity index is 313. The molecule has 2 aliphatic rings. The number of piperidine rings is 1. The third-order valence-electron chi connectivity index (χ3n) is 2.48. The van der Waals surface area contributed by atoms with Crippen LogP contribution in [0.1, 0.15) is 19.3 Å². The monoisotopic (exact) mass is 427 g/mol. The molecule has 4 N–H and O–H groups in total. The Morgan fingerprint density at radius 1 is 1.23 bits per heavy atom. The SMILES string of the molecule is C1=CC[N-]C(C2CCCC[N-]2)=C1.[NH-]CC[NH-].[O-][Cl+]([O-])(O)O.[Pd+2]. The molecule has 2 rings (SSSR count). The molecule has 134 valence electrons. The molecule has 0 aromatic rings. The third kappa shape index (κ3) is 16.3. The van der Waals surface area contributed by atoms with E-state index in [1.165, 1.54) is 25.0 Å². The van der Waals surface area contributed by atoms with Gasteiger partial charge in [-0.15, -0.1) is 25.2 Å². The number of halogens is 1. The standard InChI is InChI=1S/C10H14N2.C2H6N2.ClH2O4.Pd/c1-3-7-11-9(5-1)10-6-2-4-8-12-10;3-1-2-4;2-1(3,4)5;/h1,3,5,10H,2,4,6-8H2;3-4H,1-2H2;2-3H;/q2*-2;-1;+2. The second-order valence-corrected chi connectivity index (χ2v) is 5.02. The predicted octanol–water partition coefficient (Wildman–Crippen LogP) is 0.336. The van der Waals surface area contributed by atoms with E-state index in [4.69, 9.17) is 30.1 Å². The Kier molecular flexibility index (Phi) is 16.0. The molecule has 1 atom stereocenters. The Balaban J connectivity index is 0. The zero-order chi connectivity index (χ0) is 16.1. The number of allylic oxidation sites excluding steroid dienone is 2. The van der Waals surface area contributed by atoms with Gasteiger partial charge in [0.15, 0.2) is 0 Å². The summed E-state index contributed by atoms with van der Waals surface area (Å²) >= 11 is 0. The van der Waals surface area contributed by atoms with Gasteiger partial charge in [-0.3, -0.25) is 0 Å². The Labute approximate surface area is 147 Å². The minimum absolute atomic E-state index is 0. The molecular weight excluding hydrogens is 406 g/mol. The number of hydrogen-bond donors (Lipinski definition) is 2. The van der Waals surface area contributed by atoms with Gasteiger partial charge in [-0.2, -0.15) is 18.8 Å². The summed E-state index contributed by atoms with van der Waals surface area (Å²) in [7, 11) is -4.44. The molecule has 1 unspecified atom stereocenters. The van der Waals surface area contributed by atoms with Crippen LogP contribution in [0.2, 0.25) is 0 Å². The summed E-state index contributed by atoms with van der Waals surface area (Å²) in [5.41, 5.74) is 13.7. The van der Waals surface area contributed by atoms with Gasteiger partial charge in [0.2, 0.25) is 0 Å². The molecule has 0 aromatic carbocycles. The van der Waals surface area contributed by atoms with E-state index in [0.717, 1.165) is 13.1 Å². The van der Waals surface area contributed by atoms with Crippen molar-refractivity contribution in [3.63, 3.8) is 0 Å². The average molecular weight is 428 g/mol. The molecule has 0 bridgehead atoms. The minimum Gasteiger partial charge on any atom is 2.00 e. The van der Waals surface area contributed by atoms with Gasteiger partial charge in [0.1, 0.15) is 0 Å². The van der Waals surface area contributed by atoms with Crippen molar-refractivity contribution in [3.8, 4) is 0 Å². The molecule has 0 radical (unpaired) electrons. The van der Waals surface area contributed by atoms with Gasteiger partial charge in [0, 0.05) is 0 Å². The molecule has 0 amide bonds. The molecule has 2 aliphatic heterocycles. The number of hydrogen-bond acceptors (Lipinski definition) is 4. The van der Waals surface area contributed by atoms with Crippen LogP contribution in [0.15, 0.2) is 23.9 Å². The summed E-state index contributed by atoms with van der Waals surface area (Å²) in [5, 5.41) is 8.99. The topological polar surface area (TPSA) is 162 Å². The van der Waals surface area contributed by atoms with Gasteiger partial charge in [-0.25, -0.2) is 0 Å². The fourth-order valence-corrected chi connectivity index (χ4v) is 1.68. The summed E-state index contributed by atoms with van der Waals surface area (Å²) in [6.07, 6.45) is 10.0. The minimum atomic E-state index is -4.44. The van der Waals surface area contributed by atoms with Crippen LogP contribution < -0.4 is 9.32 Å². The summed E-state index contributed by atoms with van der Waals surface area (Å²) in [5.74, 6) is 0. The Morgan fingerprint density at radius 3 is 2.18 bits per heavy atom. The van der Waals surface area contributed by atoms with Crippen LogP contribution in [0.4, 0.5) is 0 Å². The average Bonchev–Trinajstić information content (AvgIpc) is 2.48. The van der Waals surface area contributed by atoms with Crippen molar-refractivity contribution in [1.29, 1.82) is 0 Å². The van der Waals surface area contributed by atoms with Gasteiger partial charge < -0.3 is 22.1 Å². The van der Waals surface area contributed by atoms with Crippen molar-refractivity contribution < 1.29 is 49.3 Å². The van der Waals surface area contributed by atoms with Gasteiger partial charge in [0.05, 0.1) is 0 Å². The number of rotatable bonds is 2. The van der Waals surface area contributed by atoms with E-state index in [9.17, 15) is 0 Å². The van der Waals surface area contributed by atoms with Crippen molar-refractivity contribution in [2.24, 2.45) is 0 Å². The smallest absolute Gasteiger partial charge is 2.00 e. The van der Waals surface area contributed by atoms with Gasteiger partial charge in [-0.1, -0.05) is 31.4 Å². The molecule has 1 fully saturated rings. The van der Waals surface area contributed by atoms with Crippen LogP contribution in [0.5, 0.6) is 0 Å². The van der Waals surface area contributed by atoms with Crippen molar-refractivity contribution in [3.05, 3.63) is 46.0 Å². The van der Waals surface area contributed by atoms with E-state index in [2.05, 4.69) is 28.9 Å². The van der Waals surface area contributed by atoms with E-state index in [1.807, 2.05) is 0 Å². The Morgan fingerprint density at radius 2 is 1.82 bits per heavy atom. The van der Waals surface area contributed by atoms with Crippen molar-refractivity contribution in [2.45, 2.75) is 25.3 Å². The molecule has 0 aliphatic carbocycles. The normalized spacial score (nSPS) is 20.8. The molecule has 0 saturated carbocycles. The zero-order valence-electron chi connectivity index (χ0n) is 12.1. The second-order valence-electron chi connectivity index (χ2n) is 4.19. The van der Waals surface area contributed by atoms with Crippen LogP contribution >= 0.6 is 0 Å². The molecule has 2 heterocycles. The fourth-order valence-electron chi connectivity index (χ4n) is 1.68. The van der Waals surface area contributed by atoms with Crippen LogP contribution in [-0.2, 0) is 20.4 Å².